The third kappa shape index (κ3) is 2.19. The summed E-state index contributed by atoms with van der Waals surface area (Å²) < 4.78 is 0. The molecule has 1 aliphatic carbocycles. The van der Waals surface area contributed by atoms with Crippen LogP contribution < -0.4 is 10.8 Å². The van der Waals surface area contributed by atoms with Gasteiger partial charge in [-0.2, -0.15) is 0 Å². The molecule has 0 aliphatic heterocycles. The van der Waals surface area contributed by atoms with Gasteiger partial charge in [-0.05, 0) is 18.8 Å². The van der Waals surface area contributed by atoms with Gasteiger partial charge in [0.2, 0.25) is 0 Å². The highest BCUT2D eigenvalue weighted by Crippen LogP contribution is 2.25. The van der Waals surface area contributed by atoms with Crippen molar-refractivity contribution in [1.29, 1.82) is 0 Å². The third-order valence-corrected chi connectivity index (χ3v) is 2.43. The van der Waals surface area contributed by atoms with Crippen LogP contribution in [-0.2, 0) is 4.79 Å². The number of carboxylic acid groups (broad SMARTS) is 1. The van der Waals surface area contributed by atoms with Crippen LogP contribution >= 0.6 is 0 Å². The Morgan fingerprint density at radius 1 is 1.36 bits per heavy atom. The van der Waals surface area contributed by atoms with E-state index in [4.69, 9.17) is 5.73 Å². The van der Waals surface area contributed by atoms with E-state index in [0.29, 0.717) is 0 Å². The molecule has 0 aromatic rings. The first kappa shape index (κ1) is 8.53. The molecular formula is C8H14NO2-. The predicted octanol–water partition coefficient (Wildman–Crippen LogP) is -0.356. The Balaban J connectivity index is 2.38. The van der Waals surface area contributed by atoms with Crippen LogP contribution in [0.15, 0.2) is 0 Å². The van der Waals surface area contributed by atoms with Crippen LogP contribution in [0, 0.1) is 5.92 Å². The van der Waals surface area contributed by atoms with E-state index in [1.165, 1.54) is 6.42 Å². The van der Waals surface area contributed by atoms with Gasteiger partial charge < -0.3 is 15.6 Å². The molecule has 0 aromatic heterocycles. The van der Waals surface area contributed by atoms with E-state index < -0.39 is 12.0 Å². The lowest BCUT2D eigenvalue weighted by molar-refractivity contribution is -0.309. The molecule has 0 bridgehead atoms. The van der Waals surface area contributed by atoms with E-state index in [0.717, 1.165) is 25.7 Å². The Bertz CT molecular complexity index is 141. The summed E-state index contributed by atoms with van der Waals surface area (Å²) >= 11 is 0. The minimum atomic E-state index is -1.10. The van der Waals surface area contributed by atoms with Crippen molar-refractivity contribution < 1.29 is 9.90 Å². The third-order valence-electron chi connectivity index (χ3n) is 2.43. The predicted molar refractivity (Wildman–Crippen MR) is 39.6 cm³/mol. The standard InChI is InChI=1S/C8H15NO2/c9-7(8(10)11)6-4-2-1-3-5-6/h6-7H,1-5,9H2,(H,10,11)/p-1. The second-order valence-corrected chi connectivity index (χ2v) is 3.24. The van der Waals surface area contributed by atoms with Crippen LogP contribution in [-0.4, -0.2) is 12.0 Å². The zero-order chi connectivity index (χ0) is 8.27. The second-order valence-electron chi connectivity index (χ2n) is 3.24. The van der Waals surface area contributed by atoms with E-state index in [9.17, 15) is 9.90 Å². The van der Waals surface area contributed by atoms with Crippen molar-refractivity contribution in [3.8, 4) is 0 Å². The first-order chi connectivity index (χ1) is 5.22. The van der Waals surface area contributed by atoms with Crippen molar-refractivity contribution in [2.24, 2.45) is 11.7 Å². The summed E-state index contributed by atoms with van der Waals surface area (Å²) in [6.07, 6.45) is 5.36. The van der Waals surface area contributed by atoms with Gasteiger partial charge in [-0.3, -0.25) is 0 Å². The number of nitrogens with two attached hydrogens (primary N) is 1. The highest BCUT2D eigenvalue weighted by molar-refractivity contribution is 5.71. The highest BCUT2D eigenvalue weighted by Gasteiger charge is 2.20. The zero-order valence-electron chi connectivity index (χ0n) is 6.58. The van der Waals surface area contributed by atoms with Gasteiger partial charge >= 0.3 is 0 Å². The van der Waals surface area contributed by atoms with Gasteiger partial charge in [0.15, 0.2) is 0 Å². The minimum Gasteiger partial charge on any atom is -0.548 e. The van der Waals surface area contributed by atoms with E-state index >= 15 is 0 Å². The molecule has 1 unspecified atom stereocenters. The number of hydrogen-bond acceptors (Lipinski definition) is 3. The number of carboxylic acids is 1. The summed E-state index contributed by atoms with van der Waals surface area (Å²) in [5, 5.41) is 10.4. The molecule has 1 rings (SSSR count). The zero-order valence-corrected chi connectivity index (χ0v) is 6.58. The smallest absolute Gasteiger partial charge is 0.0585 e. The average Bonchev–Trinajstić information content (AvgIpc) is 2.05. The van der Waals surface area contributed by atoms with E-state index in [1.807, 2.05) is 0 Å². The van der Waals surface area contributed by atoms with Crippen molar-refractivity contribution in [3.63, 3.8) is 0 Å². The molecule has 2 N–H and O–H groups in total. The molecule has 0 radical (unpaired) electrons. The largest absolute Gasteiger partial charge is 0.548 e. The van der Waals surface area contributed by atoms with Gasteiger partial charge in [-0.25, -0.2) is 0 Å². The van der Waals surface area contributed by atoms with Crippen LogP contribution in [0.25, 0.3) is 0 Å². The van der Waals surface area contributed by atoms with E-state index in [2.05, 4.69) is 0 Å². The van der Waals surface area contributed by atoms with Crippen molar-refractivity contribution in [3.05, 3.63) is 0 Å². The molecule has 11 heavy (non-hydrogen) atoms. The summed E-state index contributed by atoms with van der Waals surface area (Å²) in [6, 6.07) is -0.740. The van der Waals surface area contributed by atoms with Crippen LogP contribution in [0.4, 0.5) is 0 Å². The van der Waals surface area contributed by atoms with Gasteiger partial charge in [-0.15, -0.1) is 0 Å². The second kappa shape index (κ2) is 3.72. The van der Waals surface area contributed by atoms with Gasteiger partial charge in [0, 0.05) is 6.04 Å². The monoisotopic (exact) mass is 156 g/mol. The first-order valence-electron chi connectivity index (χ1n) is 4.18. The molecule has 0 saturated heterocycles. The fourth-order valence-corrected chi connectivity index (χ4v) is 1.69. The molecule has 0 spiro atoms. The maximum absolute atomic E-state index is 10.4. The Kier molecular flexibility index (Phi) is 2.88. The van der Waals surface area contributed by atoms with Gasteiger partial charge in [-0.1, -0.05) is 19.3 Å². The molecule has 1 atom stereocenters. The number of carbonyl (C=O) groups is 1. The molecular weight excluding hydrogens is 142 g/mol. The Labute approximate surface area is 66.6 Å². The fourth-order valence-electron chi connectivity index (χ4n) is 1.69. The van der Waals surface area contributed by atoms with Crippen molar-refractivity contribution in [2.45, 2.75) is 38.1 Å². The van der Waals surface area contributed by atoms with Gasteiger partial charge in [0.25, 0.3) is 0 Å². The fraction of sp³-hybridized carbons (Fsp3) is 0.875. The van der Waals surface area contributed by atoms with Crippen molar-refractivity contribution in [1.82, 2.24) is 0 Å². The van der Waals surface area contributed by atoms with Gasteiger partial charge in [0.1, 0.15) is 0 Å². The van der Waals surface area contributed by atoms with Gasteiger partial charge in [0.05, 0.1) is 5.97 Å². The highest BCUT2D eigenvalue weighted by atomic mass is 16.4. The molecule has 0 amide bonds. The molecule has 1 saturated carbocycles. The maximum atomic E-state index is 10.4. The average molecular weight is 156 g/mol. The number of aliphatic carboxylic acids is 1. The lowest BCUT2D eigenvalue weighted by Gasteiger charge is -2.27. The topological polar surface area (TPSA) is 66.2 Å². The molecule has 3 heteroatoms. The molecule has 0 aromatic carbocycles. The van der Waals surface area contributed by atoms with E-state index in [-0.39, 0.29) is 5.92 Å². The number of rotatable bonds is 2. The molecule has 1 fully saturated rings. The maximum Gasteiger partial charge on any atom is 0.0585 e. The SMILES string of the molecule is NC(C(=O)[O-])C1CCCCC1. The van der Waals surface area contributed by atoms with Crippen molar-refractivity contribution in [2.75, 3.05) is 0 Å². The lowest BCUT2D eigenvalue weighted by atomic mass is 9.84. The van der Waals surface area contributed by atoms with Crippen molar-refractivity contribution >= 4 is 5.97 Å². The molecule has 3 nitrogen and oxygen atoms in total. The van der Waals surface area contributed by atoms with E-state index in [1.54, 1.807) is 0 Å². The summed E-state index contributed by atoms with van der Waals surface area (Å²) in [5.74, 6) is -0.939. The Morgan fingerprint density at radius 2 is 1.91 bits per heavy atom. The van der Waals surface area contributed by atoms with Crippen LogP contribution in [0.3, 0.4) is 0 Å². The van der Waals surface area contributed by atoms with Crippen LogP contribution in [0.2, 0.25) is 0 Å². The number of carbonyl (C=O) groups excluding carboxylic acids is 1. The molecule has 1 aliphatic rings. The van der Waals surface area contributed by atoms with Crippen LogP contribution in [0.5, 0.6) is 0 Å². The minimum absolute atomic E-state index is 0.161. The Hall–Kier alpha value is -0.570. The molecule has 0 heterocycles. The lowest BCUT2D eigenvalue weighted by Crippen LogP contribution is -2.47. The quantitative estimate of drug-likeness (QED) is 0.594. The Morgan fingerprint density at radius 3 is 2.36 bits per heavy atom. The summed E-state index contributed by atoms with van der Waals surface area (Å²) in [7, 11) is 0. The number of hydrogen-bond donors (Lipinski definition) is 1. The summed E-state index contributed by atoms with van der Waals surface area (Å²) in [4.78, 5) is 10.4. The summed E-state index contributed by atoms with van der Waals surface area (Å²) in [5.41, 5.74) is 5.43. The molecule has 64 valence electrons. The normalized spacial score (nSPS) is 23.0. The van der Waals surface area contributed by atoms with Crippen LogP contribution in [0.1, 0.15) is 32.1 Å². The summed E-state index contributed by atoms with van der Waals surface area (Å²) in [6.45, 7) is 0. The first-order valence-corrected chi connectivity index (χ1v) is 4.18.